The standard InChI is InChI=1S/C12H11N2O/c1-14(2)12-5-3-10(4-6-12)7-11(8-13)9-15/h3-7H,1-2H3/b11-7+. The van der Waals surface area contributed by atoms with Crippen LogP contribution in [0.2, 0.25) is 0 Å². The van der Waals surface area contributed by atoms with Crippen LogP contribution in [0.15, 0.2) is 29.8 Å². The summed E-state index contributed by atoms with van der Waals surface area (Å²) < 4.78 is 0. The number of allylic oxidation sites excluding steroid dienone is 1. The van der Waals surface area contributed by atoms with Gasteiger partial charge in [0.15, 0.2) is 0 Å². The predicted molar refractivity (Wildman–Crippen MR) is 60.1 cm³/mol. The Hall–Kier alpha value is -2.08. The Balaban J connectivity index is 2.95. The first-order chi connectivity index (χ1) is 7.17. The number of anilines is 1. The Bertz CT molecular complexity index is 410. The van der Waals surface area contributed by atoms with Gasteiger partial charge in [0.25, 0.3) is 0 Å². The van der Waals surface area contributed by atoms with E-state index >= 15 is 0 Å². The average Bonchev–Trinajstić information content (AvgIpc) is 2.26. The SMILES string of the molecule is CN(C)c1ccc(/C=C(/[C]=O)C#N)cc1. The quantitative estimate of drug-likeness (QED) is 0.550. The number of hydrogen-bond acceptors (Lipinski definition) is 3. The summed E-state index contributed by atoms with van der Waals surface area (Å²) in [6.07, 6.45) is 3.08. The highest BCUT2D eigenvalue weighted by atomic mass is 16.1. The number of carbonyl (C=O) groups excluding carboxylic acids is 1. The number of nitriles is 1. The van der Waals surface area contributed by atoms with Gasteiger partial charge in [0, 0.05) is 19.8 Å². The third-order valence-corrected chi connectivity index (χ3v) is 1.95. The van der Waals surface area contributed by atoms with Crippen molar-refractivity contribution in [1.82, 2.24) is 0 Å². The van der Waals surface area contributed by atoms with Crippen LogP contribution < -0.4 is 4.90 Å². The number of hydrogen-bond donors (Lipinski definition) is 0. The summed E-state index contributed by atoms with van der Waals surface area (Å²) in [5, 5.41) is 8.54. The van der Waals surface area contributed by atoms with Gasteiger partial charge in [0.05, 0.1) is 0 Å². The second-order valence-corrected chi connectivity index (χ2v) is 3.26. The molecule has 0 fully saturated rings. The Morgan fingerprint density at radius 1 is 1.33 bits per heavy atom. The predicted octanol–water partition coefficient (Wildman–Crippen LogP) is 1.77. The highest BCUT2D eigenvalue weighted by Crippen LogP contribution is 2.13. The molecule has 0 bridgehead atoms. The molecule has 0 aliphatic heterocycles. The lowest BCUT2D eigenvalue weighted by molar-refractivity contribution is 0.563. The summed E-state index contributed by atoms with van der Waals surface area (Å²) in [5.74, 6) is 0. The van der Waals surface area contributed by atoms with Crippen LogP contribution in [0, 0.1) is 11.3 Å². The normalized spacial score (nSPS) is 10.6. The average molecular weight is 199 g/mol. The molecule has 0 aromatic heterocycles. The molecule has 0 saturated heterocycles. The van der Waals surface area contributed by atoms with Crippen LogP contribution in [0.4, 0.5) is 5.69 Å². The molecule has 1 aromatic carbocycles. The van der Waals surface area contributed by atoms with E-state index in [9.17, 15) is 4.79 Å². The van der Waals surface area contributed by atoms with Crippen LogP contribution in [-0.4, -0.2) is 20.4 Å². The zero-order valence-electron chi connectivity index (χ0n) is 8.69. The summed E-state index contributed by atoms with van der Waals surface area (Å²) in [6.45, 7) is 0. The maximum Gasteiger partial charge on any atom is 0.244 e. The van der Waals surface area contributed by atoms with Crippen molar-refractivity contribution in [3.63, 3.8) is 0 Å². The highest BCUT2D eigenvalue weighted by molar-refractivity contribution is 5.87. The Kier molecular flexibility index (Phi) is 3.64. The molecular weight excluding hydrogens is 188 g/mol. The minimum Gasteiger partial charge on any atom is -0.378 e. The van der Waals surface area contributed by atoms with Crippen molar-refractivity contribution >= 4 is 18.0 Å². The van der Waals surface area contributed by atoms with E-state index < -0.39 is 0 Å². The molecule has 0 unspecified atom stereocenters. The molecule has 1 aromatic rings. The third-order valence-electron chi connectivity index (χ3n) is 1.95. The molecule has 3 nitrogen and oxygen atoms in total. The van der Waals surface area contributed by atoms with Crippen LogP contribution in [0.25, 0.3) is 6.08 Å². The van der Waals surface area contributed by atoms with Gasteiger partial charge in [0.1, 0.15) is 11.6 Å². The summed E-state index contributed by atoms with van der Waals surface area (Å²) >= 11 is 0. The molecule has 1 rings (SSSR count). The number of benzene rings is 1. The number of rotatable bonds is 3. The lowest BCUT2D eigenvalue weighted by Crippen LogP contribution is -2.07. The first-order valence-electron chi connectivity index (χ1n) is 4.44. The highest BCUT2D eigenvalue weighted by Gasteiger charge is 1.96. The molecule has 0 aliphatic rings. The Morgan fingerprint density at radius 2 is 1.93 bits per heavy atom. The summed E-state index contributed by atoms with van der Waals surface area (Å²) in [6, 6.07) is 9.31. The van der Waals surface area contributed by atoms with Gasteiger partial charge in [-0.1, -0.05) is 12.1 Å². The molecule has 0 amide bonds. The van der Waals surface area contributed by atoms with Gasteiger partial charge in [-0.05, 0) is 23.8 Å². The van der Waals surface area contributed by atoms with Gasteiger partial charge >= 0.3 is 0 Å². The summed E-state index contributed by atoms with van der Waals surface area (Å²) in [7, 11) is 3.90. The van der Waals surface area contributed by atoms with E-state index in [2.05, 4.69) is 0 Å². The van der Waals surface area contributed by atoms with Crippen LogP contribution in [0.5, 0.6) is 0 Å². The summed E-state index contributed by atoms with van der Waals surface area (Å²) in [5.41, 5.74) is 1.90. The second kappa shape index (κ2) is 4.97. The Morgan fingerprint density at radius 3 is 2.33 bits per heavy atom. The minimum absolute atomic E-state index is 0.00704. The van der Waals surface area contributed by atoms with Gasteiger partial charge in [-0.15, -0.1) is 0 Å². The molecule has 0 spiro atoms. The topological polar surface area (TPSA) is 44.1 Å². The van der Waals surface area contributed by atoms with Gasteiger partial charge in [-0.2, -0.15) is 5.26 Å². The van der Waals surface area contributed by atoms with E-state index in [-0.39, 0.29) is 5.57 Å². The fraction of sp³-hybridized carbons (Fsp3) is 0.167. The van der Waals surface area contributed by atoms with E-state index in [1.54, 1.807) is 12.4 Å². The van der Waals surface area contributed by atoms with Crippen LogP contribution in [0.3, 0.4) is 0 Å². The third kappa shape index (κ3) is 2.96. The van der Waals surface area contributed by atoms with Gasteiger partial charge < -0.3 is 4.90 Å². The molecule has 15 heavy (non-hydrogen) atoms. The fourth-order valence-electron chi connectivity index (χ4n) is 1.12. The van der Waals surface area contributed by atoms with E-state index in [0.717, 1.165) is 11.3 Å². The minimum atomic E-state index is 0.00704. The van der Waals surface area contributed by atoms with Crippen molar-refractivity contribution in [3.8, 4) is 6.07 Å². The molecular formula is C12H11N2O. The van der Waals surface area contributed by atoms with Gasteiger partial charge in [-0.3, -0.25) is 4.79 Å². The van der Waals surface area contributed by atoms with Crippen LogP contribution in [0.1, 0.15) is 5.56 Å². The van der Waals surface area contributed by atoms with Crippen molar-refractivity contribution in [2.75, 3.05) is 19.0 Å². The zero-order chi connectivity index (χ0) is 11.3. The molecule has 1 radical (unpaired) electrons. The van der Waals surface area contributed by atoms with E-state index in [1.165, 1.54) is 6.08 Å². The van der Waals surface area contributed by atoms with Crippen molar-refractivity contribution in [1.29, 1.82) is 5.26 Å². The van der Waals surface area contributed by atoms with Gasteiger partial charge in [-0.25, -0.2) is 0 Å². The zero-order valence-corrected chi connectivity index (χ0v) is 8.69. The van der Waals surface area contributed by atoms with E-state index in [4.69, 9.17) is 5.26 Å². The lowest BCUT2D eigenvalue weighted by atomic mass is 10.1. The second-order valence-electron chi connectivity index (χ2n) is 3.26. The molecule has 3 heteroatoms. The first kappa shape index (κ1) is 11.0. The largest absolute Gasteiger partial charge is 0.378 e. The van der Waals surface area contributed by atoms with E-state index in [1.807, 2.05) is 43.3 Å². The molecule has 0 heterocycles. The first-order valence-corrected chi connectivity index (χ1v) is 4.44. The lowest BCUT2D eigenvalue weighted by Gasteiger charge is -2.11. The smallest absolute Gasteiger partial charge is 0.244 e. The van der Waals surface area contributed by atoms with Crippen molar-refractivity contribution in [2.24, 2.45) is 0 Å². The molecule has 0 N–H and O–H groups in total. The van der Waals surface area contributed by atoms with Crippen molar-refractivity contribution in [2.45, 2.75) is 0 Å². The maximum absolute atomic E-state index is 10.3. The molecule has 0 aliphatic carbocycles. The Labute approximate surface area is 89.2 Å². The van der Waals surface area contributed by atoms with E-state index in [0.29, 0.717) is 0 Å². The monoisotopic (exact) mass is 199 g/mol. The maximum atomic E-state index is 10.3. The van der Waals surface area contributed by atoms with Gasteiger partial charge in [0.2, 0.25) is 6.29 Å². The van der Waals surface area contributed by atoms with Crippen LogP contribution in [-0.2, 0) is 4.79 Å². The molecule has 0 atom stereocenters. The fourth-order valence-corrected chi connectivity index (χ4v) is 1.12. The van der Waals surface area contributed by atoms with Crippen LogP contribution >= 0.6 is 0 Å². The molecule has 0 saturated carbocycles. The molecule has 75 valence electrons. The summed E-state index contributed by atoms with van der Waals surface area (Å²) in [4.78, 5) is 12.3. The van der Waals surface area contributed by atoms with Crippen molar-refractivity contribution < 1.29 is 4.79 Å². The van der Waals surface area contributed by atoms with Crippen molar-refractivity contribution in [3.05, 3.63) is 35.4 Å². The number of nitrogens with zero attached hydrogens (tertiary/aromatic N) is 2.